The number of nitrogens with one attached hydrogen (secondary N) is 1. The predicted molar refractivity (Wildman–Crippen MR) is 62.6 cm³/mol. The first kappa shape index (κ1) is 11.7. The highest BCUT2D eigenvalue weighted by Gasteiger charge is 2.12. The number of benzene rings is 1. The van der Waals surface area contributed by atoms with Gasteiger partial charge < -0.3 is 5.32 Å². The molecule has 0 aliphatic carbocycles. The normalized spacial score (nSPS) is 14.2. The van der Waals surface area contributed by atoms with Crippen LogP contribution in [-0.2, 0) is 0 Å². The molecule has 1 rings (SSSR count). The van der Waals surface area contributed by atoms with E-state index in [-0.39, 0.29) is 6.04 Å². The van der Waals surface area contributed by atoms with E-state index >= 15 is 0 Å². The molecule has 2 heteroatoms. The summed E-state index contributed by atoms with van der Waals surface area (Å²) in [5.74, 6) is 0.426. The standard InChI is InChI=1S/C13H18N2/c1-3-15-13(10-14)9-11(2)12-7-5-4-6-8-12/h4-8,11,13,15H,3,9H2,1-2H3. The maximum absolute atomic E-state index is 8.94. The van der Waals surface area contributed by atoms with Crippen molar-refractivity contribution >= 4 is 0 Å². The van der Waals surface area contributed by atoms with Gasteiger partial charge in [-0.05, 0) is 24.4 Å². The Balaban J connectivity index is 2.55. The van der Waals surface area contributed by atoms with Crippen molar-refractivity contribution in [1.29, 1.82) is 5.26 Å². The van der Waals surface area contributed by atoms with Gasteiger partial charge in [-0.15, -0.1) is 0 Å². The molecule has 1 aromatic carbocycles. The molecule has 80 valence electrons. The Morgan fingerprint density at radius 2 is 2.00 bits per heavy atom. The van der Waals surface area contributed by atoms with Gasteiger partial charge in [0.05, 0.1) is 12.1 Å². The molecule has 0 radical (unpaired) electrons. The number of hydrogen-bond donors (Lipinski definition) is 1. The number of nitrogens with zero attached hydrogens (tertiary/aromatic N) is 1. The average Bonchev–Trinajstić information content (AvgIpc) is 2.29. The Labute approximate surface area is 91.9 Å². The minimum Gasteiger partial charge on any atom is -0.302 e. The maximum atomic E-state index is 8.94. The van der Waals surface area contributed by atoms with Crippen LogP contribution in [0.4, 0.5) is 0 Å². The third-order valence-electron chi connectivity index (χ3n) is 2.56. The molecule has 0 heterocycles. The second-order valence-electron chi connectivity index (χ2n) is 3.79. The number of rotatable bonds is 5. The SMILES string of the molecule is CCNC(C#N)CC(C)c1ccccc1. The summed E-state index contributed by atoms with van der Waals surface area (Å²) in [7, 11) is 0. The van der Waals surface area contributed by atoms with Gasteiger partial charge in [0, 0.05) is 0 Å². The minimum absolute atomic E-state index is 0.0368. The summed E-state index contributed by atoms with van der Waals surface area (Å²) < 4.78 is 0. The van der Waals surface area contributed by atoms with Gasteiger partial charge in [0.15, 0.2) is 0 Å². The fraction of sp³-hybridized carbons (Fsp3) is 0.462. The number of hydrogen-bond acceptors (Lipinski definition) is 2. The van der Waals surface area contributed by atoms with Crippen molar-refractivity contribution in [2.45, 2.75) is 32.2 Å². The molecule has 0 bridgehead atoms. The molecule has 2 atom stereocenters. The van der Waals surface area contributed by atoms with Crippen LogP contribution in [-0.4, -0.2) is 12.6 Å². The predicted octanol–water partition coefficient (Wildman–Crippen LogP) is 2.68. The molecule has 1 N–H and O–H groups in total. The third kappa shape index (κ3) is 3.73. The fourth-order valence-electron chi connectivity index (χ4n) is 1.70. The Bertz CT molecular complexity index is 313. The van der Waals surface area contributed by atoms with E-state index in [1.165, 1.54) is 5.56 Å². The van der Waals surface area contributed by atoms with Gasteiger partial charge in [0.1, 0.15) is 0 Å². The van der Waals surface area contributed by atoms with Crippen LogP contribution >= 0.6 is 0 Å². The molecule has 0 amide bonds. The Hall–Kier alpha value is -1.33. The van der Waals surface area contributed by atoms with Crippen molar-refractivity contribution in [1.82, 2.24) is 5.32 Å². The van der Waals surface area contributed by atoms with Crippen molar-refractivity contribution in [3.05, 3.63) is 35.9 Å². The monoisotopic (exact) mass is 202 g/mol. The van der Waals surface area contributed by atoms with Gasteiger partial charge in [0.2, 0.25) is 0 Å². The van der Waals surface area contributed by atoms with Crippen LogP contribution < -0.4 is 5.32 Å². The van der Waals surface area contributed by atoms with Crippen LogP contribution in [0.5, 0.6) is 0 Å². The highest BCUT2D eigenvalue weighted by Crippen LogP contribution is 2.19. The van der Waals surface area contributed by atoms with E-state index in [2.05, 4.69) is 30.4 Å². The minimum atomic E-state index is -0.0368. The van der Waals surface area contributed by atoms with Crippen LogP contribution in [0, 0.1) is 11.3 Å². The van der Waals surface area contributed by atoms with Crippen molar-refractivity contribution in [2.75, 3.05) is 6.54 Å². The summed E-state index contributed by atoms with van der Waals surface area (Å²) in [6.45, 7) is 5.04. The topological polar surface area (TPSA) is 35.8 Å². The summed E-state index contributed by atoms with van der Waals surface area (Å²) in [6, 6.07) is 12.6. The second kappa shape index (κ2) is 6.21. The van der Waals surface area contributed by atoms with Crippen LogP contribution in [0.3, 0.4) is 0 Å². The molecule has 2 nitrogen and oxygen atoms in total. The largest absolute Gasteiger partial charge is 0.302 e. The molecule has 0 saturated carbocycles. The quantitative estimate of drug-likeness (QED) is 0.796. The zero-order chi connectivity index (χ0) is 11.1. The highest BCUT2D eigenvalue weighted by molar-refractivity contribution is 5.19. The molecule has 0 saturated heterocycles. The summed E-state index contributed by atoms with van der Waals surface area (Å²) in [4.78, 5) is 0. The van der Waals surface area contributed by atoms with Crippen molar-refractivity contribution in [2.24, 2.45) is 0 Å². The number of nitriles is 1. The Kier molecular flexibility index (Phi) is 4.86. The van der Waals surface area contributed by atoms with Crippen molar-refractivity contribution < 1.29 is 0 Å². The zero-order valence-corrected chi connectivity index (χ0v) is 9.40. The first-order valence-electron chi connectivity index (χ1n) is 5.45. The molecular formula is C13H18N2. The highest BCUT2D eigenvalue weighted by atomic mass is 14.9. The summed E-state index contributed by atoms with van der Waals surface area (Å²) in [6.07, 6.45) is 0.869. The summed E-state index contributed by atoms with van der Waals surface area (Å²) in [5.41, 5.74) is 1.30. The Morgan fingerprint density at radius 3 is 2.53 bits per heavy atom. The van der Waals surface area contributed by atoms with E-state index in [4.69, 9.17) is 5.26 Å². The zero-order valence-electron chi connectivity index (χ0n) is 9.40. The van der Waals surface area contributed by atoms with E-state index in [9.17, 15) is 0 Å². The Morgan fingerprint density at radius 1 is 1.33 bits per heavy atom. The fourth-order valence-corrected chi connectivity index (χ4v) is 1.70. The van der Waals surface area contributed by atoms with Gasteiger partial charge in [-0.2, -0.15) is 5.26 Å². The smallest absolute Gasteiger partial charge is 0.0958 e. The lowest BCUT2D eigenvalue weighted by atomic mass is 9.94. The average molecular weight is 202 g/mol. The van der Waals surface area contributed by atoms with Crippen LogP contribution in [0.2, 0.25) is 0 Å². The lowest BCUT2D eigenvalue weighted by Crippen LogP contribution is -2.28. The first-order chi connectivity index (χ1) is 7.27. The molecule has 1 aromatic rings. The van der Waals surface area contributed by atoms with Gasteiger partial charge in [0.25, 0.3) is 0 Å². The van der Waals surface area contributed by atoms with Crippen LogP contribution in [0.15, 0.2) is 30.3 Å². The summed E-state index contributed by atoms with van der Waals surface area (Å²) in [5, 5.41) is 12.1. The van der Waals surface area contributed by atoms with Gasteiger partial charge in [-0.25, -0.2) is 0 Å². The van der Waals surface area contributed by atoms with Crippen molar-refractivity contribution in [3.63, 3.8) is 0 Å². The first-order valence-corrected chi connectivity index (χ1v) is 5.45. The third-order valence-corrected chi connectivity index (χ3v) is 2.56. The van der Waals surface area contributed by atoms with Gasteiger partial charge in [-0.3, -0.25) is 0 Å². The molecule has 2 unspecified atom stereocenters. The maximum Gasteiger partial charge on any atom is 0.0958 e. The van der Waals surface area contributed by atoms with E-state index < -0.39 is 0 Å². The van der Waals surface area contributed by atoms with E-state index in [0.717, 1.165) is 13.0 Å². The van der Waals surface area contributed by atoms with Crippen LogP contribution in [0.25, 0.3) is 0 Å². The molecular weight excluding hydrogens is 184 g/mol. The lowest BCUT2D eigenvalue weighted by molar-refractivity contribution is 0.536. The molecule has 0 aliphatic rings. The molecule has 15 heavy (non-hydrogen) atoms. The lowest BCUT2D eigenvalue weighted by Gasteiger charge is -2.16. The molecule has 0 fully saturated rings. The van der Waals surface area contributed by atoms with Gasteiger partial charge >= 0.3 is 0 Å². The van der Waals surface area contributed by atoms with E-state index in [1.54, 1.807) is 0 Å². The second-order valence-corrected chi connectivity index (χ2v) is 3.79. The molecule has 0 aliphatic heterocycles. The molecule has 0 spiro atoms. The van der Waals surface area contributed by atoms with E-state index in [0.29, 0.717) is 5.92 Å². The van der Waals surface area contributed by atoms with Crippen LogP contribution in [0.1, 0.15) is 31.7 Å². The van der Waals surface area contributed by atoms with Gasteiger partial charge in [-0.1, -0.05) is 44.2 Å². The summed E-state index contributed by atoms with van der Waals surface area (Å²) >= 11 is 0. The molecule has 0 aromatic heterocycles. The van der Waals surface area contributed by atoms with Crippen molar-refractivity contribution in [3.8, 4) is 6.07 Å². The van der Waals surface area contributed by atoms with E-state index in [1.807, 2.05) is 25.1 Å².